The van der Waals surface area contributed by atoms with Crippen LogP contribution in [0.1, 0.15) is 29.3 Å². The van der Waals surface area contributed by atoms with E-state index in [-0.39, 0.29) is 5.56 Å². The Bertz CT molecular complexity index is 399. The number of carboxylic acid groups (broad SMARTS) is 1. The van der Waals surface area contributed by atoms with Crippen LogP contribution >= 0.6 is 0 Å². The molecular formula is C11H14O3S. The van der Waals surface area contributed by atoms with E-state index < -0.39 is 16.8 Å². The first-order valence-corrected chi connectivity index (χ1v) is 6.10. The number of hydrogen-bond acceptors (Lipinski definition) is 2. The molecule has 0 spiro atoms. The molecule has 0 bridgehead atoms. The van der Waals surface area contributed by atoms with Gasteiger partial charge >= 0.3 is 5.97 Å². The minimum absolute atomic E-state index is 0.233. The Morgan fingerprint density at radius 1 is 1.47 bits per heavy atom. The second kappa shape index (κ2) is 5.07. The number of benzene rings is 1. The van der Waals surface area contributed by atoms with E-state index in [1.165, 1.54) is 6.07 Å². The van der Waals surface area contributed by atoms with Crippen LogP contribution in [-0.4, -0.2) is 21.0 Å². The highest BCUT2D eigenvalue weighted by Gasteiger charge is 2.10. The Labute approximate surface area is 91.6 Å². The molecule has 0 aliphatic rings. The summed E-state index contributed by atoms with van der Waals surface area (Å²) in [5.74, 6) is -0.398. The predicted molar refractivity (Wildman–Crippen MR) is 59.7 cm³/mol. The average Bonchev–Trinajstić information content (AvgIpc) is 2.18. The maximum atomic E-state index is 11.6. The highest BCUT2D eigenvalue weighted by molar-refractivity contribution is 7.85. The molecule has 1 atom stereocenters. The van der Waals surface area contributed by atoms with E-state index >= 15 is 0 Å². The van der Waals surface area contributed by atoms with Gasteiger partial charge in [0.1, 0.15) is 0 Å². The minimum atomic E-state index is -1.08. The Balaban J connectivity index is 3.07. The van der Waals surface area contributed by atoms with Crippen molar-refractivity contribution < 1.29 is 14.1 Å². The van der Waals surface area contributed by atoms with Crippen molar-refractivity contribution in [2.24, 2.45) is 0 Å². The highest BCUT2D eigenvalue weighted by atomic mass is 32.2. The number of carbonyl (C=O) groups is 1. The van der Waals surface area contributed by atoms with Crippen molar-refractivity contribution in [3.8, 4) is 0 Å². The second-order valence-corrected chi connectivity index (χ2v) is 4.90. The van der Waals surface area contributed by atoms with Gasteiger partial charge in [0.15, 0.2) is 0 Å². The van der Waals surface area contributed by atoms with Crippen LogP contribution in [0.15, 0.2) is 23.1 Å². The summed E-state index contributed by atoms with van der Waals surface area (Å²) in [6, 6.07) is 4.93. The molecule has 15 heavy (non-hydrogen) atoms. The topological polar surface area (TPSA) is 54.4 Å². The Morgan fingerprint density at radius 3 is 2.67 bits per heavy atom. The number of aryl methyl sites for hydroxylation is 1. The summed E-state index contributed by atoms with van der Waals surface area (Å²) in [6.07, 6.45) is 0.822. The smallest absolute Gasteiger partial charge is 0.335 e. The zero-order chi connectivity index (χ0) is 11.4. The van der Waals surface area contributed by atoms with Crippen LogP contribution in [0.25, 0.3) is 0 Å². The first kappa shape index (κ1) is 11.9. The molecule has 0 aliphatic heterocycles. The Kier molecular flexibility index (Phi) is 4.03. The number of hydrogen-bond donors (Lipinski definition) is 1. The van der Waals surface area contributed by atoms with Gasteiger partial charge in [-0.1, -0.05) is 13.0 Å². The minimum Gasteiger partial charge on any atom is -0.478 e. The van der Waals surface area contributed by atoms with E-state index in [0.717, 1.165) is 6.42 Å². The van der Waals surface area contributed by atoms with E-state index in [2.05, 4.69) is 0 Å². The van der Waals surface area contributed by atoms with Crippen molar-refractivity contribution in [2.75, 3.05) is 5.75 Å². The van der Waals surface area contributed by atoms with E-state index in [0.29, 0.717) is 16.2 Å². The lowest BCUT2D eigenvalue weighted by Gasteiger charge is -2.04. The van der Waals surface area contributed by atoms with Crippen LogP contribution in [0, 0.1) is 6.92 Å². The van der Waals surface area contributed by atoms with Gasteiger partial charge in [0, 0.05) is 10.6 Å². The Hall–Kier alpha value is -1.16. The van der Waals surface area contributed by atoms with Crippen LogP contribution in [0.4, 0.5) is 0 Å². The molecule has 1 aromatic rings. The maximum absolute atomic E-state index is 11.6. The lowest BCUT2D eigenvalue weighted by Crippen LogP contribution is -2.03. The molecule has 1 aromatic carbocycles. The first-order valence-electron chi connectivity index (χ1n) is 4.78. The first-order chi connectivity index (χ1) is 7.06. The third kappa shape index (κ3) is 2.89. The Morgan fingerprint density at radius 2 is 2.13 bits per heavy atom. The zero-order valence-electron chi connectivity index (χ0n) is 8.82. The lowest BCUT2D eigenvalue weighted by molar-refractivity contribution is 0.0696. The van der Waals surface area contributed by atoms with E-state index in [1.54, 1.807) is 19.1 Å². The summed E-state index contributed by atoms with van der Waals surface area (Å²) >= 11 is 0. The van der Waals surface area contributed by atoms with Gasteiger partial charge in [0.05, 0.1) is 16.4 Å². The van der Waals surface area contributed by atoms with Gasteiger partial charge in [0.2, 0.25) is 0 Å². The summed E-state index contributed by atoms with van der Waals surface area (Å²) < 4.78 is 11.6. The van der Waals surface area contributed by atoms with E-state index in [9.17, 15) is 9.00 Å². The van der Waals surface area contributed by atoms with Crippen LogP contribution < -0.4 is 0 Å². The molecule has 0 aromatic heterocycles. The summed E-state index contributed by atoms with van der Waals surface area (Å²) in [7, 11) is -1.08. The SMILES string of the molecule is CCCS(=O)c1ccc(C)c(C(=O)O)c1. The van der Waals surface area contributed by atoms with Crippen molar-refractivity contribution >= 4 is 16.8 Å². The van der Waals surface area contributed by atoms with Crippen LogP contribution in [0.3, 0.4) is 0 Å². The molecular weight excluding hydrogens is 212 g/mol. The van der Waals surface area contributed by atoms with Gasteiger partial charge < -0.3 is 5.11 Å². The molecule has 0 saturated heterocycles. The molecule has 1 unspecified atom stereocenters. The standard InChI is InChI=1S/C11H14O3S/c1-3-6-15(14)9-5-4-8(2)10(7-9)11(12)13/h4-5,7H,3,6H2,1-2H3,(H,12,13). The normalized spacial score (nSPS) is 12.4. The molecule has 0 saturated carbocycles. The van der Waals surface area contributed by atoms with Crippen molar-refractivity contribution in [3.63, 3.8) is 0 Å². The van der Waals surface area contributed by atoms with Crippen LogP contribution in [-0.2, 0) is 10.8 Å². The molecule has 1 rings (SSSR count). The lowest BCUT2D eigenvalue weighted by atomic mass is 10.1. The number of carboxylic acids is 1. The van der Waals surface area contributed by atoms with Crippen LogP contribution in [0.5, 0.6) is 0 Å². The maximum Gasteiger partial charge on any atom is 0.335 e. The van der Waals surface area contributed by atoms with Crippen LogP contribution in [0.2, 0.25) is 0 Å². The number of aromatic carboxylic acids is 1. The van der Waals surface area contributed by atoms with Gasteiger partial charge in [-0.05, 0) is 31.0 Å². The summed E-state index contributed by atoms with van der Waals surface area (Å²) in [5, 5.41) is 8.90. The fourth-order valence-corrected chi connectivity index (χ4v) is 2.35. The van der Waals surface area contributed by atoms with Gasteiger partial charge in [-0.3, -0.25) is 4.21 Å². The summed E-state index contributed by atoms with van der Waals surface area (Å²) in [5.41, 5.74) is 0.928. The van der Waals surface area contributed by atoms with E-state index in [1.807, 2.05) is 6.92 Å². The molecule has 0 fully saturated rings. The van der Waals surface area contributed by atoms with Crippen molar-refractivity contribution in [3.05, 3.63) is 29.3 Å². The van der Waals surface area contributed by atoms with Crippen molar-refractivity contribution in [1.29, 1.82) is 0 Å². The average molecular weight is 226 g/mol. The molecule has 4 heteroatoms. The molecule has 0 heterocycles. The molecule has 0 radical (unpaired) electrons. The van der Waals surface area contributed by atoms with Crippen molar-refractivity contribution in [2.45, 2.75) is 25.2 Å². The van der Waals surface area contributed by atoms with Gasteiger partial charge in [-0.15, -0.1) is 0 Å². The molecule has 3 nitrogen and oxygen atoms in total. The summed E-state index contributed by atoms with van der Waals surface area (Å²) in [4.78, 5) is 11.5. The van der Waals surface area contributed by atoms with Gasteiger partial charge in [-0.2, -0.15) is 0 Å². The summed E-state index contributed by atoms with van der Waals surface area (Å²) in [6.45, 7) is 3.68. The van der Waals surface area contributed by atoms with Gasteiger partial charge in [-0.25, -0.2) is 4.79 Å². The highest BCUT2D eigenvalue weighted by Crippen LogP contribution is 2.15. The van der Waals surface area contributed by atoms with Gasteiger partial charge in [0.25, 0.3) is 0 Å². The zero-order valence-corrected chi connectivity index (χ0v) is 9.63. The second-order valence-electron chi connectivity index (χ2n) is 3.33. The molecule has 1 N–H and O–H groups in total. The quantitative estimate of drug-likeness (QED) is 0.856. The monoisotopic (exact) mass is 226 g/mol. The van der Waals surface area contributed by atoms with Crippen molar-refractivity contribution in [1.82, 2.24) is 0 Å². The molecule has 0 amide bonds. The third-order valence-electron chi connectivity index (χ3n) is 2.09. The number of rotatable bonds is 4. The fourth-order valence-electron chi connectivity index (χ4n) is 1.28. The molecule has 0 aliphatic carbocycles. The largest absolute Gasteiger partial charge is 0.478 e. The third-order valence-corrected chi connectivity index (χ3v) is 3.65. The molecule has 82 valence electrons. The predicted octanol–water partition coefficient (Wildman–Crippen LogP) is 2.21. The fraction of sp³-hybridized carbons (Fsp3) is 0.364. The van der Waals surface area contributed by atoms with E-state index in [4.69, 9.17) is 5.11 Å².